The van der Waals surface area contributed by atoms with E-state index in [4.69, 9.17) is 30.8 Å². The van der Waals surface area contributed by atoms with Crippen molar-refractivity contribution < 1.29 is 23.8 Å². The lowest BCUT2D eigenvalue weighted by molar-refractivity contribution is -0.120. The minimum absolute atomic E-state index is 0.0213. The van der Waals surface area contributed by atoms with E-state index >= 15 is 0 Å². The maximum absolute atomic E-state index is 13.4. The van der Waals surface area contributed by atoms with Gasteiger partial charge in [-0.1, -0.05) is 17.7 Å². The standard InChI is InChI=1S/C27H25ClN4O6/c1-2-36-27(35)21-14-20-24(29-22-7-3-4-12-31(22)26(20)34)32(15-19-6-5-13-37-19)25(21)30-23(33)16-38-18-10-8-17(28)9-11-18/h3-4,7-12,14,19H,2,5-6,13,15-16H2,1H3. The Morgan fingerprint density at radius 3 is 2.76 bits per heavy atom. The van der Waals surface area contributed by atoms with Crippen molar-refractivity contribution in [3.05, 3.63) is 81.2 Å². The van der Waals surface area contributed by atoms with Crippen molar-refractivity contribution in [2.75, 3.05) is 19.8 Å². The number of pyridine rings is 2. The molecule has 5 rings (SSSR count). The Hall–Kier alpha value is -4.02. The minimum Gasteiger partial charge on any atom is -0.484 e. The molecule has 1 aromatic carbocycles. The third kappa shape index (κ3) is 5.32. The molecule has 38 heavy (non-hydrogen) atoms. The van der Waals surface area contributed by atoms with Crippen LogP contribution < -0.4 is 15.8 Å². The first-order chi connectivity index (χ1) is 18.4. The summed E-state index contributed by atoms with van der Waals surface area (Å²) in [5, 5.41) is 0.730. The van der Waals surface area contributed by atoms with E-state index < -0.39 is 11.9 Å². The van der Waals surface area contributed by atoms with Crippen LogP contribution in [0.2, 0.25) is 5.02 Å². The third-order valence-electron chi connectivity index (χ3n) is 6.10. The lowest BCUT2D eigenvalue weighted by Crippen LogP contribution is -2.35. The van der Waals surface area contributed by atoms with Gasteiger partial charge in [-0.2, -0.15) is 4.99 Å². The predicted octanol–water partition coefficient (Wildman–Crippen LogP) is 3.16. The number of carbonyl (C=O) groups excluding carboxylic acids is 2. The lowest BCUT2D eigenvalue weighted by Gasteiger charge is -2.18. The second-order valence-corrected chi connectivity index (χ2v) is 9.12. The SMILES string of the molecule is CCOC(=O)c1cc2c(=O)n3ccccc3nc2n(CC2CCCO2)c1=NC(=O)COc1ccc(Cl)cc1. The van der Waals surface area contributed by atoms with E-state index in [0.717, 1.165) is 12.8 Å². The van der Waals surface area contributed by atoms with Crippen LogP contribution >= 0.6 is 11.6 Å². The monoisotopic (exact) mass is 536 g/mol. The Bertz CT molecular complexity index is 1640. The van der Waals surface area contributed by atoms with Gasteiger partial charge in [0.1, 0.15) is 22.6 Å². The van der Waals surface area contributed by atoms with Crippen LogP contribution in [-0.2, 0) is 20.8 Å². The number of fused-ring (bicyclic) bond motifs is 2. The molecule has 10 nitrogen and oxygen atoms in total. The molecule has 4 heterocycles. The van der Waals surface area contributed by atoms with Gasteiger partial charge in [-0.15, -0.1) is 0 Å². The largest absolute Gasteiger partial charge is 0.484 e. The summed E-state index contributed by atoms with van der Waals surface area (Å²) in [5.41, 5.74) is 0.352. The third-order valence-corrected chi connectivity index (χ3v) is 6.35. The molecule has 1 saturated heterocycles. The average molecular weight is 537 g/mol. The number of hydrogen-bond acceptors (Lipinski definition) is 7. The van der Waals surface area contributed by atoms with Crippen molar-refractivity contribution in [1.29, 1.82) is 0 Å². The van der Waals surface area contributed by atoms with Gasteiger partial charge >= 0.3 is 5.97 Å². The zero-order valence-electron chi connectivity index (χ0n) is 20.6. The highest BCUT2D eigenvalue weighted by Crippen LogP contribution is 2.18. The van der Waals surface area contributed by atoms with Gasteiger partial charge in [0.25, 0.3) is 11.5 Å². The highest BCUT2D eigenvalue weighted by atomic mass is 35.5. The number of halogens is 1. The van der Waals surface area contributed by atoms with Crippen molar-refractivity contribution in [2.24, 2.45) is 4.99 Å². The first kappa shape index (κ1) is 25.6. The molecular formula is C27H25ClN4O6. The van der Waals surface area contributed by atoms with E-state index in [1.165, 1.54) is 10.5 Å². The summed E-state index contributed by atoms with van der Waals surface area (Å²) >= 11 is 5.91. The number of rotatable bonds is 7. The quantitative estimate of drug-likeness (QED) is 0.263. The molecule has 3 aromatic heterocycles. The molecule has 1 fully saturated rings. The molecule has 1 aliphatic heterocycles. The van der Waals surface area contributed by atoms with Crippen LogP contribution in [0.5, 0.6) is 5.75 Å². The summed E-state index contributed by atoms with van der Waals surface area (Å²) in [6, 6.07) is 13.1. The Kier molecular flexibility index (Phi) is 7.52. The highest BCUT2D eigenvalue weighted by Gasteiger charge is 2.23. The fourth-order valence-electron chi connectivity index (χ4n) is 4.35. The van der Waals surface area contributed by atoms with Gasteiger partial charge in [0.05, 0.1) is 24.6 Å². The van der Waals surface area contributed by atoms with Crippen LogP contribution in [0.15, 0.2) is 64.5 Å². The molecular weight excluding hydrogens is 512 g/mol. The zero-order valence-corrected chi connectivity index (χ0v) is 21.4. The summed E-state index contributed by atoms with van der Waals surface area (Å²) in [4.78, 5) is 48.4. The maximum Gasteiger partial charge on any atom is 0.341 e. The minimum atomic E-state index is -0.710. The molecule has 196 valence electrons. The van der Waals surface area contributed by atoms with Crippen LogP contribution in [0.1, 0.15) is 30.1 Å². The van der Waals surface area contributed by atoms with E-state index in [1.807, 2.05) is 0 Å². The van der Waals surface area contributed by atoms with Gasteiger partial charge in [-0.3, -0.25) is 14.0 Å². The van der Waals surface area contributed by atoms with Crippen LogP contribution in [0, 0.1) is 0 Å². The molecule has 11 heteroatoms. The van der Waals surface area contributed by atoms with Crippen LogP contribution in [0.25, 0.3) is 16.7 Å². The van der Waals surface area contributed by atoms with Gasteiger partial charge in [-0.05, 0) is 62.2 Å². The van der Waals surface area contributed by atoms with Gasteiger partial charge in [0.15, 0.2) is 12.1 Å². The van der Waals surface area contributed by atoms with Crippen LogP contribution in [-0.4, -0.2) is 51.8 Å². The molecule has 0 aliphatic carbocycles. The topological polar surface area (TPSA) is 113 Å². The maximum atomic E-state index is 13.4. The van der Waals surface area contributed by atoms with Crippen molar-refractivity contribution >= 4 is 40.2 Å². The first-order valence-corrected chi connectivity index (χ1v) is 12.6. The van der Waals surface area contributed by atoms with Crippen molar-refractivity contribution in [3.8, 4) is 5.75 Å². The number of ether oxygens (including phenoxy) is 3. The normalized spacial score (nSPS) is 15.7. The predicted molar refractivity (Wildman–Crippen MR) is 139 cm³/mol. The molecule has 0 radical (unpaired) electrons. The number of carbonyl (C=O) groups is 2. The smallest absolute Gasteiger partial charge is 0.341 e. The average Bonchev–Trinajstić information content (AvgIpc) is 3.43. The Labute approximate surface area is 222 Å². The summed E-state index contributed by atoms with van der Waals surface area (Å²) in [5.74, 6) is -0.905. The Balaban J connectivity index is 1.70. The van der Waals surface area contributed by atoms with E-state index in [1.54, 1.807) is 60.2 Å². The summed E-state index contributed by atoms with van der Waals surface area (Å²) < 4.78 is 19.7. The van der Waals surface area contributed by atoms with E-state index in [2.05, 4.69) is 4.99 Å². The van der Waals surface area contributed by atoms with E-state index in [9.17, 15) is 14.4 Å². The number of amides is 1. The number of aromatic nitrogens is 3. The molecule has 1 aliphatic rings. The fraction of sp³-hybridized carbons (Fsp3) is 0.296. The van der Waals surface area contributed by atoms with Crippen LogP contribution in [0.4, 0.5) is 0 Å². The molecule has 4 aromatic rings. The van der Waals surface area contributed by atoms with E-state index in [-0.39, 0.29) is 53.5 Å². The first-order valence-electron chi connectivity index (χ1n) is 12.2. The van der Waals surface area contributed by atoms with Crippen molar-refractivity contribution in [1.82, 2.24) is 14.0 Å². The van der Waals surface area contributed by atoms with E-state index in [0.29, 0.717) is 23.0 Å². The van der Waals surface area contributed by atoms with Crippen LogP contribution in [0.3, 0.4) is 0 Å². The fourth-order valence-corrected chi connectivity index (χ4v) is 4.47. The summed E-state index contributed by atoms with van der Waals surface area (Å²) in [6.45, 7) is 2.23. The van der Waals surface area contributed by atoms with Crippen molar-refractivity contribution in [3.63, 3.8) is 0 Å². The van der Waals surface area contributed by atoms with Gasteiger partial charge < -0.3 is 18.8 Å². The number of esters is 1. The lowest BCUT2D eigenvalue weighted by atomic mass is 10.2. The van der Waals surface area contributed by atoms with Gasteiger partial charge in [-0.25, -0.2) is 9.78 Å². The molecule has 1 unspecified atom stereocenters. The van der Waals surface area contributed by atoms with Gasteiger partial charge in [0.2, 0.25) is 0 Å². The summed E-state index contributed by atoms with van der Waals surface area (Å²) in [7, 11) is 0. The van der Waals surface area contributed by atoms with Crippen molar-refractivity contribution in [2.45, 2.75) is 32.4 Å². The second kappa shape index (κ2) is 11.2. The highest BCUT2D eigenvalue weighted by molar-refractivity contribution is 6.30. The number of hydrogen-bond donors (Lipinski definition) is 0. The second-order valence-electron chi connectivity index (χ2n) is 8.68. The summed E-state index contributed by atoms with van der Waals surface area (Å²) in [6.07, 6.45) is 3.05. The molecule has 0 bridgehead atoms. The van der Waals surface area contributed by atoms with Gasteiger partial charge in [0, 0.05) is 17.8 Å². The molecule has 0 spiro atoms. The zero-order chi connectivity index (χ0) is 26.6. The molecule has 1 atom stereocenters. The number of nitrogens with zero attached hydrogens (tertiary/aromatic N) is 4. The molecule has 0 N–H and O–H groups in total. The Morgan fingerprint density at radius 2 is 2.03 bits per heavy atom. The molecule has 1 amide bonds. The molecule has 0 saturated carbocycles. The number of benzene rings is 1. The Morgan fingerprint density at radius 1 is 1.21 bits per heavy atom.